The summed E-state index contributed by atoms with van der Waals surface area (Å²) >= 11 is 0. The molecule has 0 radical (unpaired) electrons. The third-order valence-electron chi connectivity index (χ3n) is 3.70. The number of nitrogens with zero attached hydrogens (tertiary/aromatic N) is 2. The number of fused-ring (bicyclic) bond motifs is 1. The Kier molecular flexibility index (Phi) is 4.18. The molecule has 1 aliphatic heterocycles. The number of sulfonamides is 1. The van der Waals surface area contributed by atoms with E-state index in [9.17, 15) is 13.2 Å². The quantitative estimate of drug-likeness (QED) is 0.897. The average molecular weight is 335 g/mol. The number of amides is 1. The maximum atomic E-state index is 12.1. The fraction of sp³-hybridized carbons (Fsp3) is 0.333. The van der Waals surface area contributed by atoms with Gasteiger partial charge >= 0.3 is 0 Å². The normalized spacial score (nSPS) is 17.5. The Morgan fingerprint density at radius 3 is 2.96 bits per heavy atom. The van der Waals surface area contributed by atoms with Crippen molar-refractivity contribution in [2.24, 2.45) is 7.05 Å². The van der Waals surface area contributed by atoms with E-state index in [-0.39, 0.29) is 11.3 Å². The lowest BCUT2D eigenvalue weighted by Crippen LogP contribution is -2.32. The molecule has 1 amide bonds. The molecule has 2 heterocycles. The first-order chi connectivity index (χ1) is 11.0. The molecule has 1 N–H and O–H groups in total. The SMILES string of the molecule is Cn1cc(S(=O)(=O)NC(=O)CC2OCCc3ccccc32)cn1. The van der Waals surface area contributed by atoms with Gasteiger partial charge in [-0.2, -0.15) is 5.10 Å². The Morgan fingerprint density at radius 1 is 1.43 bits per heavy atom. The fourth-order valence-electron chi connectivity index (χ4n) is 2.60. The van der Waals surface area contributed by atoms with E-state index in [2.05, 4.69) is 9.82 Å². The van der Waals surface area contributed by atoms with Gasteiger partial charge in [-0.1, -0.05) is 24.3 Å². The van der Waals surface area contributed by atoms with Crippen molar-refractivity contribution in [3.63, 3.8) is 0 Å². The van der Waals surface area contributed by atoms with Gasteiger partial charge in [0.05, 0.1) is 25.3 Å². The van der Waals surface area contributed by atoms with Crippen molar-refractivity contribution >= 4 is 15.9 Å². The minimum absolute atomic E-state index is 0.0432. The summed E-state index contributed by atoms with van der Waals surface area (Å²) in [6, 6.07) is 7.72. The summed E-state index contributed by atoms with van der Waals surface area (Å²) in [5, 5.41) is 3.80. The standard InChI is InChI=1S/C15H17N3O4S/c1-18-10-12(9-16-18)23(20,21)17-15(19)8-14-13-5-3-2-4-11(13)6-7-22-14/h2-5,9-10,14H,6-8H2,1H3,(H,17,19). The largest absolute Gasteiger partial charge is 0.373 e. The van der Waals surface area contributed by atoms with E-state index < -0.39 is 22.0 Å². The second-order valence-corrected chi connectivity index (χ2v) is 7.07. The third-order valence-corrected chi connectivity index (χ3v) is 5.03. The van der Waals surface area contributed by atoms with E-state index >= 15 is 0 Å². The van der Waals surface area contributed by atoms with Crippen molar-refractivity contribution in [3.8, 4) is 0 Å². The van der Waals surface area contributed by atoms with Gasteiger partial charge in [0.1, 0.15) is 4.90 Å². The summed E-state index contributed by atoms with van der Waals surface area (Å²) in [6.07, 6.45) is 2.85. The van der Waals surface area contributed by atoms with E-state index in [1.54, 1.807) is 7.05 Å². The number of aromatic nitrogens is 2. The molecule has 1 unspecified atom stereocenters. The summed E-state index contributed by atoms with van der Waals surface area (Å²) in [5.74, 6) is -0.601. The first kappa shape index (κ1) is 15.7. The van der Waals surface area contributed by atoms with Crippen molar-refractivity contribution in [2.45, 2.75) is 23.8 Å². The molecule has 23 heavy (non-hydrogen) atoms. The van der Waals surface area contributed by atoms with E-state index in [1.807, 2.05) is 24.3 Å². The number of benzene rings is 1. The van der Waals surface area contributed by atoms with Gasteiger partial charge in [-0.3, -0.25) is 9.48 Å². The van der Waals surface area contributed by atoms with Crippen molar-refractivity contribution in [1.29, 1.82) is 0 Å². The van der Waals surface area contributed by atoms with E-state index in [4.69, 9.17) is 4.74 Å². The van der Waals surface area contributed by atoms with Gasteiger partial charge in [-0.25, -0.2) is 13.1 Å². The van der Waals surface area contributed by atoms with Gasteiger partial charge < -0.3 is 4.74 Å². The fourth-order valence-corrected chi connectivity index (χ4v) is 3.58. The van der Waals surface area contributed by atoms with Crippen LogP contribution in [0, 0.1) is 0 Å². The van der Waals surface area contributed by atoms with Crippen LogP contribution in [0.25, 0.3) is 0 Å². The highest BCUT2D eigenvalue weighted by Crippen LogP contribution is 2.29. The van der Waals surface area contributed by atoms with Crippen LogP contribution in [0.5, 0.6) is 0 Å². The van der Waals surface area contributed by atoms with Crippen LogP contribution in [0.1, 0.15) is 23.7 Å². The smallest absolute Gasteiger partial charge is 0.267 e. The third kappa shape index (κ3) is 3.43. The summed E-state index contributed by atoms with van der Waals surface area (Å²) in [7, 11) is -2.30. The monoisotopic (exact) mass is 335 g/mol. The molecule has 1 aromatic heterocycles. The summed E-state index contributed by atoms with van der Waals surface area (Å²) in [5.41, 5.74) is 2.07. The Labute approximate surface area is 134 Å². The molecule has 122 valence electrons. The van der Waals surface area contributed by atoms with E-state index in [0.29, 0.717) is 6.61 Å². The van der Waals surface area contributed by atoms with E-state index in [0.717, 1.165) is 17.5 Å². The zero-order chi connectivity index (χ0) is 16.4. The van der Waals surface area contributed by atoms with Crippen LogP contribution in [0.4, 0.5) is 0 Å². The highest BCUT2D eigenvalue weighted by atomic mass is 32.2. The lowest BCUT2D eigenvalue weighted by Gasteiger charge is -2.25. The molecule has 0 saturated heterocycles. The number of hydrogen-bond acceptors (Lipinski definition) is 5. The summed E-state index contributed by atoms with van der Waals surface area (Å²) in [4.78, 5) is 12.1. The molecular weight excluding hydrogens is 318 g/mol. The molecule has 0 spiro atoms. The molecule has 1 atom stereocenters. The number of carbonyl (C=O) groups is 1. The lowest BCUT2D eigenvalue weighted by atomic mass is 9.96. The first-order valence-corrected chi connectivity index (χ1v) is 8.68. The van der Waals surface area contributed by atoms with Crippen LogP contribution in [0.2, 0.25) is 0 Å². The number of nitrogens with one attached hydrogen (secondary N) is 1. The van der Waals surface area contributed by atoms with Crippen LogP contribution in [-0.2, 0) is 33.0 Å². The number of carbonyl (C=O) groups excluding carboxylic acids is 1. The molecular formula is C15H17N3O4S. The van der Waals surface area contributed by atoms with Gasteiger partial charge in [-0.05, 0) is 17.5 Å². The van der Waals surface area contributed by atoms with Crippen LogP contribution < -0.4 is 4.72 Å². The molecule has 7 nitrogen and oxygen atoms in total. The molecule has 1 aliphatic rings. The van der Waals surface area contributed by atoms with Gasteiger partial charge in [0.15, 0.2) is 0 Å². The number of ether oxygens (including phenoxy) is 1. The summed E-state index contributed by atoms with van der Waals surface area (Å²) < 4.78 is 33.3. The zero-order valence-corrected chi connectivity index (χ0v) is 13.4. The van der Waals surface area contributed by atoms with Crippen molar-refractivity contribution in [3.05, 3.63) is 47.8 Å². The summed E-state index contributed by atoms with van der Waals surface area (Å²) in [6.45, 7) is 0.518. The highest BCUT2D eigenvalue weighted by Gasteiger charge is 2.26. The average Bonchev–Trinajstić information content (AvgIpc) is 2.95. The van der Waals surface area contributed by atoms with Crippen LogP contribution in [-0.4, -0.2) is 30.7 Å². The first-order valence-electron chi connectivity index (χ1n) is 7.19. The Morgan fingerprint density at radius 2 is 2.22 bits per heavy atom. The molecule has 2 aromatic rings. The van der Waals surface area contributed by atoms with Crippen LogP contribution >= 0.6 is 0 Å². The van der Waals surface area contributed by atoms with Crippen LogP contribution in [0.15, 0.2) is 41.6 Å². The Balaban J connectivity index is 1.71. The number of hydrogen-bond donors (Lipinski definition) is 1. The molecule has 0 aliphatic carbocycles. The molecule has 0 fully saturated rings. The Hall–Kier alpha value is -2.19. The molecule has 0 saturated carbocycles. The predicted molar refractivity (Wildman–Crippen MR) is 82.0 cm³/mol. The second kappa shape index (κ2) is 6.13. The van der Waals surface area contributed by atoms with Crippen LogP contribution in [0.3, 0.4) is 0 Å². The predicted octanol–water partition coefficient (Wildman–Crippen LogP) is 0.929. The molecule has 0 bridgehead atoms. The zero-order valence-electron chi connectivity index (χ0n) is 12.6. The minimum atomic E-state index is -3.91. The van der Waals surface area contributed by atoms with Crippen molar-refractivity contribution in [2.75, 3.05) is 6.61 Å². The van der Waals surface area contributed by atoms with Gasteiger partial charge in [0.25, 0.3) is 10.0 Å². The van der Waals surface area contributed by atoms with Gasteiger partial charge in [-0.15, -0.1) is 0 Å². The molecule has 1 aromatic carbocycles. The topological polar surface area (TPSA) is 90.3 Å². The maximum Gasteiger partial charge on any atom is 0.267 e. The second-order valence-electron chi connectivity index (χ2n) is 5.39. The van der Waals surface area contributed by atoms with Crippen molar-refractivity contribution in [1.82, 2.24) is 14.5 Å². The van der Waals surface area contributed by atoms with Gasteiger partial charge in [0, 0.05) is 13.2 Å². The van der Waals surface area contributed by atoms with Gasteiger partial charge in [0.2, 0.25) is 5.91 Å². The molecule has 3 rings (SSSR count). The van der Waals surface area contributed by atoms with E-state index in [1.165, 1.54) is 17.1 Å². The number of rotatable bonds is 4. The number of aryl methyl sites for hydroxylation is 1. The van der Waals surface area contributed by atoms with Crippen molar-refractivity contribution < 1.29 is 17.9 Å². The minimum Gasteiger partial charge on any atom is -0.373 e. The molecule has 8 heteroatoms. The maximum absolute atomic E-state index is 12.1. The highest BCUT2D eigenvalue weighted by molar-refractivity contribution is 7.90. The Bertz CT molecular complexity index is 829. The lowest BCUT2D eigenvalue weighted by molar-refractivity contribution is -0.122.